The van der Waals surface area contributed by atoms with E-state index < -0.39 is 0 Å². The highest BCUT2D eigenvalue weighted by Gasteiger charge is 2.15. The van der Waals surface area contributed by atoms with Gasteiger partial charge in [-0.3, -0.25) is 0 Å². The summed E-state index contributed by atoms with van der Waals surface area (Å²) in [6.07, 6.45) is 2.46. The number of hydrogen-bond donors (Lipinski definition) is 1. The van der Waals surface area contributed by atoms with Crippen LogP contribution in [0.2, 0.25) is 0 Å². The maximum absolute atomic E-state index is 3.60. The van der Waals surface area contributed by atoms with Crippen molar-refractivity contribution in [3.05, 3.63) is 28.2 Å². The van der Waals surface area contributed by atoms with Crippen molar-refractivity contribution in [3.8, 4) is 0 Å². The van der Waals surface area contributed by atoms with E-state index in [1.165, 1.54) is 33.7 Å². The summed E-state index contributed by atoms with van der Waals surface area (Å²) < 4.78 is 1.17. The van der Waals surface area contributed by atoms with Crippen molar-refractivity contribution < 1.29 is 0 Å². The van der Waals surface area contributed by atoms with Crippen molar-refractivity contribution in [2.75, 3.05) is 23.4 Å². The minimum absolute atomic E-state index is 0.860. The fraction of sp³-hybridized carbons (Fsp3) is 0.538. The van der Waals surface area contributed by atoms with Gasteiger partial charge in [-0.05, 0) is 54.0 Å². The van der Waals surface area contributed by atoms with Gasteiger partial charge in [0, 0.05) is 16.7 Å². The Morgan fingerprint density at radius 3 is 3.06 bits per heavy atom. The molecule has 0 aliphatic carbocycles. The molecule has 1 aromatic rings. The molecule has 88 valence electrons. The summed E-state index contributed by atoms with van der Waals surface area (Å²) in [5.74, 6) is 3.52. The van der Waals surface area contributed by atoms with Crippen molar-refractivity contribution in [1.29, 1.82) is 0 Å². The van der Waals surface area contributed by atoms with Crippen LogP contribution in [-0.4, -0.2) is 18.1 Å². The second-order valence-corrected chi connectivity index (χ2v) is 6.33. The number of benzene rings is 1. The molecule has 0 spiro atoms. The van der Waals surface area contributed by atoms with E-state index in [-0.39, 0.29) is 0 Å². The van der Waals surface area contributed by atoms with Crippen molar-refractivity contribution in [2.45, 2.75) is 19.8 Å². The van der Waals surface area contributed by atoms with E-state index in [0.717, 1.165) is 18.9 Å². The summed E-state index contributed by atoms with van der Waals surface area (Å²) in [5, 5.41) is 3.60. The highest BCUT2D eigenvalue weighted by molar-refractivity contribution is 9.10. The number of halogens is 1. The molecule has 2 rings (SSSR count). The topological polar surface area (TPSA) is 12.0 Å². The van der Waals surface area contributed by atoms with Crippen LogP contribution in [-0.2, 0) is 6.42 Å². The largest absolute Gasteiger partial charge is 0.385 e. The first-order valence-electron chi connectivity index (χ1n) is 5.89. The van der Waals surface area contributed by atoms with Crippen LogP contribution in [0.4, 0.5) is 5.69 Å². The monoisotopic (exact) mass is 299 g/mol. The zero-order chi connectivity index (χ0) is 11.4. The third-order valence-corrected chi connectivity index (χ3v) is 4.78. The number of rotatable bonds is 4. The normalized spacial score (nSPS) is 20.0. The van der Waals surface area contributed by atoms with E-state index in [0.29, 0.717) is 0 Å². The number of nitrogens with one attached hydrogen (secondary N) is 1. The van der Waals surface area contributed by atoms with Gasteiger partial charge in [0.25, 0.3) is 0 Å². The van der Waals surface area contributed by atoms with Crippen LogP contribution in [0.1, 0.15) is 18.9 Å². The fourth-order valence-corrected chi connectivity index (χ4v) is 3.72. The lowest BCUT2D eigenvalue weighted by Gasteiger charge is -2.14. The van der Waals surface area contributed by atoms with E-state index in [1.54, 1.807) is 0 Å². The third-order valence-electron chi connectivity index (χ3n) is 3.05. The van der Waals surface area contributed by atoms with E-state index in [1.807, 2.05) is 0 Å². The Labute approximate surface area is 111 Å². The van der Waals surface area contributed by atoms with Crippen LogP contribution < -0.4 is 5.32 Å². The zero-order valence-corrected chi connectivity index (χ0v) is 12.0. The molecule has 1 saturated heterocycles. The lowest BCUT2D eigenvalue weighted by atomic mass is 10.1. The van der Waals surface area contributed by atoms with Crippen molar-refractivity contribution >= 4 is 33.4 Å². The molecule has 0 bridgehead atoms. The van der Waals surface area contributed by atoms with Gasteiger partial charge >= 0.3 is 0 Å². The van der Waals surface area contributed by atoms with Gasteiger partial charge in [-0.2, -0.15) is 11.8 Å². The molecule has 0 aromatic heterocycles. The molecular weight excluding hydrogens is 282 g/mol. The highest BCUT2D eigenvalue weighted by Crippen LogP contribution is 2.26. The highest BCUT2D eigenvalue weighted by atomic mass is 79.9. The molecule has 1 heterocycles. The van der Waals surface area contributed by atoms with Gasteiger partial charge in [-0.25, -0.2) is 0 Å². The first-order valence-corrected chi connectivity index (χ1v) is 7.84. The van der Waals surface area contributed by atoms with Gasteiger partial charge in [-0.1, -0.05) is 22.9 Å². The van der Waals surface area contributed by atoms with E-state index in [4.69, 9.17) is 0 Å². The molecule has 0 saturated carbocycles. The summed E-state index contributed by atoms with van der Waals surface area (Å²) in [6, 6.07) is 6.52. The maximum Gasteiger partial charge on any atom is 0.0373 e. The molecule has 1 unspecified atom stereocenters. The first-order chi connectivity index (χ1) is 7.79. The molecule has 3 heteroatoms. The Kier molecular flexibility index (Phi) is 4.59. The summed E-state index contributed by atoms with van der Waals surface area (Å²) in [6.45, 7) is 3.33. The maximum atomic E-state index is 3.60. The predicted molar refractivity (Wildman–Crippen MR) is 77.4 cm³/mol. The molecule has 1 aromatic carbocycles. The van der Waals surface area contributed by atoms with Gasteiger partial charge in [-0.15, -0.1) is 0 Å². The van der Waals surface area contributed by atoms with Crippen LogP contribution in [0.15, 0.2) is 22.7 Å². The Bertz CT molecular complexity index is 348. The number of anilines is 1. The van der Waals surface area contributed by atoms with Crippen LogP contribution in [0, 0.1) is 5.92 Å². The lowest BCUT2D eigenvalue weighted by Crippen LogP contribution is -2.14. The van der Waals surface area contributed by atoms with Gasteiger partial charge in [0.05, 0.1) is 0 Å². The van der Waals surface area contributed by atoms with Crippen molar-refractivity contribution in [1.82, 2.24) is 0 Å². The number of aryl methyl sites for hydroxylation is 1. The number of hydrogen-bond acceptors (Lipinski definition) is 2. The third kappa shape index (κ3) is 3.17. The Balaban J connectivity index is 1.97. The zero-order valence-electron chi connectivity index (χ0n) is 9.63. The predicted octanol–water partition coefficient (Wildman–Crippen LogP) is 4.18. The average Bonchev–Trinajstić information content (AvgIpc) is 2.80. The van der Waals surface area contributed by atoms with Crippen molar-refractivity contribution in [2.24, 2.45) is 5.92 Å². The molecule has 1 atom stereocenters. The Hall–Kier alpha value is -0.150. The summed E-state index contributed by atoms with van der Waals surface area (Å²) in [5.41, 5.74) is 2.71. The standard InChI is InChI=1S/C13H18BrNS/c1-2-11-7-12(14)3-4-13(11)15-8-10-5-6-16-9-10/h3-4,7,10,15H,2,5-6,8-9H2,1H3. The first kappa shape index (κ1) is 12.3. The molecule has 0 radical (unpaired) electrons. The molecule has 0 amide bonds. The fourth-order valence-electron chi connectivity index (χ4n) is 2.03. The van der Waals surface area contributed by atoms with E-state index in [9.17, 15) is 0 Å². The smallest absolute Gasteiger partial charge is 0.0373 e. The minimum Gasteiger partial charge on any atom is -0.385 e. The molecule has 1 N–H and O–H groups in total. The molecule has 1 aliphatic heterocycles. The van der Waals surface area contributed by atoms with Crippen LogP contribution in [0.3, 0.4) is 0 Å². The quantitative estimate of drug-likeness (QED) is 0.895. The summed E-state index contributed by atoms with van der Waals surface area (Å²) in [4.78, 5) is 0. The SMILES string of the molecule is CCc1cc(Br)ccc1NCC1CCSC1. The van der Waals surface area contributed by atoms with E-state index in [2.05, 4.69) is 58.1 Å². The van der Waals surface area contributed by atoms with Gasteiger partial charge in [0.1, 0.15) is 0 Å². The summed E-state index contributed by atoms with van der Waals surface area (Å²) >= 11 is 5.61. The van der Waals surface area contributed by atoms with Gasteiger partial charge < -0.3 is 5.32 Å². The number of thioether (sulfide) groups is 1. The summed E-state index contributed by atoms with van der Waals surface area (Å²) in [7, 11) is 0. The molecule has 1 nitrogen and oxygen atoms in total. The second kappa shape index (κ2) is 5.97. The lowest BCUT2D eigenvalue weighted by molar-refractivity contribution is 0.631. The molecule has 1 aliphatic rings. The van der Waals surface area contributed by atoms with Crippen LogP contribution in [0.25, 0.3) is 0 Å². The second-order valence-electron chi connectivity index (χ2n) is 4.27. The van der Waals surface area contributed by atoms with Crippen LogP contribution >= 0.6 is 27.7 Å². The van der Waals surface area contributed by atoms with Crippen molar-refractivity contribution in [3.63, 3.8) is 0 Å². The minimum atomic E-state index is 0.860. The van der Waals surface area contributed by atoms with Gasteiger partial charge in [0.15, 0.2) is 0 Å². The molecular formula is C13H18BrNS. The van der Waals surface area contributed by atoms with Gasteiger partial charge in [0.2, 0.25) is 0 Å². The Morgan fingerprint density at radius 2 is 2.38 bits per heavy atom. The Morgan fingerprint density at radius 1 is 1.50 bits per heavy atom. The average molecular weight is 300 g/mol. The van der Waals surface area contributed by atoms with Crippen LogP contribution in [0.5, 0.6) is 0 Å². The molecule has 16 heavy (non-hydrogen) atoms. The molecule has 1 fully saturated rings. The van der Waals surface area contributed by atoms with E-state index >= 15 is 0 Å².